The third-order valence-electron chi connectivity index (χ3n) is 4.78. The van der Waals surface area contributed by atoms with E-state index in [1.807, 2.05) is 31.9 Å². The van der Waals surface area contributed by atoms with E-state index in [0.29, 0.717) is 30.8 Å². The molecule has 0 bridgehead atoms. The van der Waals surface area contributed by atoms with Crippen molar-refractivity contribution in [2.45, 2.75) is 32.3 Å². The number of carbonyl (C=O) groups is 1. The average molecular weight is 341 g/mol. The van der Waals surface area contributed by atoms with Crippen LogP contribution < -0.4 is 4.74 Å². The van der Waals surface area contributed by atoms with Crippen LogP contribution >= 0.6 is 0 Å². The SMILES string of the molecule is CON(C)CC1=C(N2CCCC2=O)c2cc(C#N)ccc2OC1(C)C. The van der Waals surface area contributed by atoms with Crippen LogP contribution in [0.4, 0.5) is 0 Å². The summed E-state index contributed by atoms with van der Waals surface area (Å²) in [6.45, 7) is 5.17. The fourth-order valence-electron chi connectivity index (χ4n) is 3.40. The summed E-state index contributed by atoms with van der Waals surface area (Å²) >= 11 is 0. The summed E-state index contributed by atoms with van der Waals surface area (Å²) in [6, 6.07) is 7.53. The summed E-state index contributed by atoms with van der Waals surface area (Å²) in [5.74, 6) is 0.807. The van der Waals surface area contributed by atoms with Gasteiger partial charge in [0.15, 0.2) is 0 Å². The molecule has 1 amide bonds. The van der Waals surface area contributed by atoms with Crippen LogP contribution in [-0.4, -0.2) is 48.7 Å². The molecule has 1 fully saturated rings. The summed E-state index contributed by atoms with van der Waals surface area (Å²) in [7, 11) is 3.45. The van der Waals surface area contributed by atoms with Gasteiger partial charge in [0.05, 0.1) is 31.0 Å². The van der Waals surface area contributed by atoms with Gasteiger partial charge in [-0.1, -0.05) is 0 Å². The highest BCUT2D eigenvalue weighted by Gasteiger charge is 2.40. The van der Waals surface area contributed by atoms with Crippen molar-refractivity contribution < 1.29 is 14.4 Å². The van der Waals surface area contributed by atoms with Crippen LogP contribution in [-0.2, 0) is 9.63 Å². The predicted octanol–water partition coefficient (Wildman–Crippen LogP) is 2.56. The number of likely N-dealkylation sites (N-methyl/N-ethyl adjacent to an activating group) is 1. The zero-order chi connectivity index (χ0) is 18.2. The second kappa shape index (κ2) is 6.51. The number of fused-ring (bicyclic) bond motifs is 1. The van der Waals surface area contributed by atoms with Crippen LogP contribution in [0.1, 0.15) is 37.8 Å². The molecule has 1 saturated heterocycles. The van der Waals surface area contributed by atoms with E-state index in [0.717, 1.165) is 23.3 Å². The van der Waals surface area contributed by atoms with Crippen LogP contribution in [0.3, 0.4) is 0 Å². The minimum Gasteiger partial charge on any atom is -0.483 e. The maximum absolute atomic E-state index is 12.5. The topological polar surface area (TPSA) is 65.8 Å². The van der Waals surface area contributed by atoms with Gasteiger partial charge in [-0.25, -0.2) is 0 Å². The highest BCUT2D eigenvalue weighted by molar-refractivity contribution is 5.91. The Morgan fingerprint density at radius 3 is 2.80 bits per heavy atom. The van der Waals surface area contributed by atoms with Crippen molar-refractivity contribution in [1.82, 2.24) is 9.96 Å². The van der Waals surface area contributed by atoms with E-state index in [4.69, 9.17) is 9.57 Å². The summed E-state index contributed by atoms with van der Waals surface area (Å²) in [5, 5.41) is 11.0. The lowest BCUT2D eigenvalue weighted by Gasteiger charge is -2.40. The first-order valence-electron chi connectivity index (χ1n) is 8.40. The number of hydrogen-bond donors (Lipinski definition) is 0. The van der Waals surface area contributed by atoms with E-state index in [-0.39, 0.29) is 5.91 Å². The summed E-state index contributed by atoms with van der Waals surface area (Å²) in [6.07, 6.45) is 1.38. The van der Waals surface area contributed by atoms with Crippen LogP contribution in [0.2, 0.25) is 0 Å². The zero-order valence-electron chi connectivity index (χ0n) is 15.1. The lowest BCUT2D eigenvalue weighted by Crippen LogP contribution is -2.42. The Bertz CT molecular complexity index is 777. The largest absolute Gasteiger partial charge is 0.483 e. The number of amides is 1. The fourth-order valence-corrected chi connectivity index (χ4v) is 3.40. The van der Waals surface area contributed by atoms with Gasteiger partial charge < -0.3 is 14.5 Å². The fraction of sp³-hybridized carbons (Fsp3) is 0.474. The van der Waals surface area contributed by atoms with Crippen LogP contribution in [0, 0.1) is 11.3 Å². The van der Waals surface area contributed by atoms with Crippen molar-refractivity contribution in [3.05, 3.63) is 34.9 Å². The second-order valence-corrected chi connectivity index (χ2v) is 6.88. The molecule has 0 aliphatic carbocycles. The minimum atomic E-state index is -0.591. The molecule has 3 rings (SSSR count). The van der Waals surface area contributed by atoms with E-state index in [9.17, 15) is 10.1 Å². The molecular formula is C19H23N3O3. The van der Waals surface area contributed by atoms with E-state index in [2.05, 4.69) is 6.07 Å². The Kier molecular flexibility index (Phi) is 4.55. The van der Waals surface area contributed by atoms with Gasteiger partial charge in [0, 0.05) is 31.1 Å². The molecule has 0 spiro atoms. The summed E-state index contributed by atoms with van der Waals surface area (Å²) in [4.78, 5) is 19.6. The van der Waals surface area contributed by atoms with Crippen molar-refractivity contribution >= 4 is 11.6 Å². The number of nitriles is 1. The molecule has 6 heteroatoms. The molecule has 0 N–H and O–H groups in total. The first-order chi connectivity index (χ1) is 11.9. The molecule has 0 atom stereocenters. The molecule has 2 aliphatic heterocycles. The zero-order valence-corrected chi connectivity index (χ0v) is 15.1. The Labute approximate surface area is 148 Å². The van der Waals surface area contributed by atoms with Gasteiger partial charge in [-0.2, -0.15) is 10.3 Å². The highest BCUT2D eigenvalue weighted by Crippen LogP contribution is 2.44. The number of rotatable bonds is 4. The number of nitrogens with zero attached hydrogens (tertiary/aromatic N) is 3. The number of hydrogen-bond acceptors (Lipinski definition) is 5. The Hall–Kier alpha value is -2.36. The van der Waals surface area contributed by atoms with Crippen LogP contribution in [0.15, 0.2) is 23.8 Å². The third-order valence-corrected chi connectivity index (χ3v) is 4.78. The molecule has 2 heterocycles. The number of ether oxygens (including phenoxy) is 1. The molecule has 1 aromatic rings. The molecule has 132 valence electrons. The van der Waals surface area contributed by atoms with Crippen LogP contribution in [0.5, 0.6) is 5.75 Å². The van der Waals surface area contributed by atoms with Gasteiger partial charge in [-0.15, -0.1) is 0 Å². The van der Waals surface area contributed by atoms with Crippen molar-refractivity contribution in [3.8, 4) is 11.8 Å². The van der Waals surface area contributed by atoms with Gasteiger partial charge in [-0.3, -0.25) is 4.79 Å². The van der Waals surface area contributed by atoms with E-state index in [1.165, 1.54) is 0 Å². The summed E-state index contributed by atoms with van der Waals surface area (Å²) in [5.41, 5.74) is 2.58. The van der Waals surface area contributed by atoms with E-state index < -0.39 is 5.60 Å². The van der Waals surface area contributed by atoms with Gasteiger partial charge in [0.25, 0.3) is 0 Å². The maximum Gasteiger partial charge on any atom is 0.227 e. The molecule has 0 unspecified atom stereocenters. The van der Waals surface area contributed by atoms with Crippen molar-refractivity contribution in [2.24, 2.45) is 0 Å². The summed E-state index contributed by atoms with van der Waals surface area (Å²) < 4.78 is 6.21. The van der Waals surface area contributed by atoms with Gasteiger partial charge in [-0.05, 0) is 38.5 Å². The van der Waals surface area contributed by atoms with E-state index in [1.54, 1.807) is 24.3 Å². The van der Waals surface area contributed by atoms with Crippen molar-refractivity contribution in [3.63, 3.8) is 0 Å². The molecule has 0 saturated carbocycles. The van der Waals surface area contributed by atoms with E-state index >= 15 is 0 Å². The third kappa shape index (κ3) is 3.13. The van der Waals surface area contributed by atoms with Crippen LogP contribution in [0.25, 0.3) is 5.70 Å². The highest BCUT2D eigenvalue weighted by atomic mass is 16.7. The predicted molar refractivity (Wildman–Crippen MR) is 93.4 cm³/mol. The first-order valence-corrected chi connectivity index (χ1v) is 8.40. The maximum atomic E-state index is 12.5. The molecule has 0 aromatic heterocycles. The lowest BCUT2D eigenvalue weighted by atomic mass is 9.88. The molecule has 6 nitrogen and oxygen atoms in total. The van der Waals surface area contributed by atoms with Crippen molar-refractivity contribution in [1.29, 1.82) is 5.26 Å². The van der Waals surface area contributed by atoms with Gasteiger partial charge in [0.2, 0.25) is 5.91 Å². The number of benzene rings is 1. The quantitative estimate of drug-likeness (QED) is 0.788. The number of hydroxylamine groups is 2. The Balaban J connectivity index is 2.23. The number of likely N-dealkylation sites (tertiary alicyclic amines) is 1. The van der Waals surface area contributed by atoms with Gasteiger partial charge >= 0.3 is 0 Å². The molecular weight excluding hydrogens is 318 g/mol. The van der Waals surface area contributed by atoms with Gasteiger partial charge in [0.1, 0.15) is 11.4 Å². The molecule has 2 aliphatic rings. The Morgan fingerprint density at radius 2 is 2.20 bits per heavy atom. The molecule has 25 heavy (non-hydrogen) atoms. The first kappa shape index (κ1) is 17.5. The number of carbonyl (C=O) groups excluding carboxylic acids is 1. The molecule has 1 aromatic carbocycles. The minimum absolute atomic E-state index is 0.110. The normalized spacial score (nSPS) is 19.0. The second-order valence-electron chi connectivity index (χ2n) is 6.88. The lowest BCUT2D eigenvalue weighted by molar-refractivity contribution is -0.125. The monoisotopic (exact) mass is 341 g/mol. The Morgan fingerprint density at radius 1 is 1.44 bits per heavy atom. The average Bonchev–Trinajstić information content (AvgIpc) is 3.00. The standard InChI is InChI=1S/C19H23N3O3/c1-19(2)15(12-21(3)24-4)18(22-9-5-6-17(22)23)14-10-13(11-20)7-8-16(14)25-19/h7-8,10H,5-6,9,12H2,1-4H3. The van der Waals surface area contributed by atoms with Crippen molar-refractivity contribution in [2.75, 3.05) is 27.2 Å². The smallest absolute Gasteiger partial charge is 0.227 e. The molecule has 0 radical (unpaired) electrons.